The molecular weight excluding hydrogens is 318 g/mol. The van der Waals surface area contributed by atoms with E-state index in [0.29, 0.717) is 0 Å². The summed E-state index contributed by atoms with van der Waals surface area (Å²) in [5.41, 5.74) is 2.07. The molecule has 0 amide bonds. The molecule has 0 saturated heterocycles. The van der Waals surface area contributed by atoms with Gasteiger partial charge >= 0.3 is 0 Å². The molecule has 4 aromatic rings. The largest absolute Gasteiger partial charge is 0.495 e. The second kappa shape index (κ2) is 6.29. The average Bonchev–Trinajstić information content (AvgIpc) is 3.08. The molecule has 0 unspecified atom stereocenters. The Kier molecular flexibility index (Phi) is 3.84. The summed E-state index contributed by atoms with van der Waals surface area (Å²) >= 11 is 1.66. The van der Waals surface area contributed by atoms with E-state index >= 15 is 0 Å². The van der Waals surface area contributed by atoms with Crippen molar-refractivity contribution in [2.45, 2.75) is 0 Å². The Morgan fingerprint density at radius 3 is 2.58 bits per heavy atom. The van der Waals surface area contributed by atoms with E-state index in [2.05, 4.69) is 33.5 Å². The number of benzene rings is 2. The first-order valence-electron chi connectivity index (χ1n) is 7.55. The number of rotatable bonds is 4. The van der Waals surface area contributed by atoms with Gasteiger partial charge in [0.1, 0.15) is 22.7 Å². The minimum absolute atomic E-state index is 0.780. The smallest absolute Gasteiger partial charge is 0.142 e. The second-order valence-electron chi connectivity index (χ2n) is 5.24. The summed E-state index contributed by atoms with van der Waals surface area (Å²) in [6.45, 7) is 0. The topological polar surface area (TPSA) is 47.0 Å². The highest BCUT2D eigenvalue weighted by atomic mass is 32.1. The molecule has 4 rings (SSSR count). The van der Waals surface area contributed by atoms with Crippen molar-refractivity contribution in [2.24, 2.45) is 0 Å². The highest BCUT2D eigenvalue weighted by Crippen LogP contribution is 2.36. The molecule has 2 aromatic heterocycles. The Balaban J connectivity index is 1.78. The average molecular weight is 333 g/mol. The predicted octanol–water partition coefficient (Wildman–Crippen LogP) is 5.11. The first-order chi connectivity index (χ1) is 11.8. The van der Waals surface area contributed by atoms with E-state index < -0.39 is 0 Å². The van der Waals surface area contributed by atoms with Crippen molar-refractivity contribution in [1.82, 2.24) is 9.97 Å². The summed E-state index contributed by atoms with van der Waals surface area (Å²) in [5.74, 6) is 1.56. The van der Waals surface area contributed by atoms with Crippen molar-refractivity contribution in [3.63, 3.8) is 0 Å². The molecule has 0 aliphatic heterocycles. The van der Waals surface area contributed by atoms with Gasteiger partial charge in [-0.2, -0.15) is 0 Å². The minimum atomic E-state index is 0.780. The molecule has 0 radical (unpaired) electrons. The fourth-order valence-electron chi connectivity index (χ4n) is 2.58. The normalized spacial score (nSPS) is 10.7. The molecule has 0 saturated carbocycles. The fraction of sp³-hybridized carbons (Fsp3) is 0.0526. The zero-order valence-electron chi connectivity index (χ0n) is 13.1. The molecular formula is C19H15N3OS. The molecule has 0 aliphatic carbocycles. The van der Waals surface area contributed by atoms with E-state index in [-0.39, 0.29) is 0 Å². The fourth-order valence-corrected chi connectivity index (χ4v) is 3.58. The van der Waals surface area contributed by atoms with E-state index in [9.17, 15) is 0 Å². The van der Waals surface area contributed by atoms with E-state index in [1.165, 1.54) is 10.4 Å². The van der Waals surface area contributed by atoms with Crippen LogP contribution in [0.5, 0.6) is 5.75 Å². The highest BCUT2D eigenvalue weighted by molar-refractivity contribution is 7.21. The van der Waals surface area contributed by atoms with Crippen molar-refractivity contribution in [1.29, 1.82) is 0 Å². The lowest BCUT2D eigenvalue weighted by Gasteiger charge is -2.10. The molecule has 0 atom stereocenters. The van der Waals surface area contributed by atoms with Crippen molar-refractivity contribution < 1.29 is 4.74 Å². The van der Waals surface area contributed by atoms with E-state index in [1.54, 1.807) is 24.8 Å². The van der Waals surface area contributed by atoms with Crippen LogP contribution in [0.1, 0.15) is 0 Å². The van der Waals surface area contributed by atoms with Gasteiger partial charge in [-0.3, -0.25) is 0 Å². The number of aromatic nitrogens is 2. The van der Waals surface area contributed by atoms with E-state index in [1.807, 2.05) is 42.5 Å². The van der Waals surface area contributed by atoms with Gasteiger partial charge in [0.05, 0.1) is 18.2 Å². The Morgan fingerprint density at radius 2 is 1.75 bits per heavy atom. The molecule has 5 heteroatoms. The lowest BCUT2D eigenvalue weighted by Crippen LogP contribution is -1.97. The van der Waals surface area contributed by atoms with E-state index in [0.717, 1.165) is 27.5 Å². The van der Waals surface area contributed by atoms with Crippen molar-refractivity contribution in [2.75, 3.05) is 12.4 Å². The van der Waals surface area contributed by atoms with Gasteiger partial charge < -0.3 is 10.1 Å². The molecule has 2 aromatic carbocycles. The van der Waals surface area contributed by atoms with Crippen LogP contribution in [0.2, 0.25) is 0 Å². The Bertz CT molecular complexity index is 982. The number of nitrogens with zero attached hydrogens (tertiary/aromatic N) is 2. The van der Waals surface area contributed by atoms with E-state index in [4.69, 9.17) is 4.74 Å². The SMILES string of the molecule is COc1ccccc1Nc1ncnc2sc(-c3ccccc3)cc12. The number of fused-ring (bicyclic) bond motifs is 1. The van der Waals surface area contributed by atoms with Gasteiger partial charge in [0, 0.05) is 4.88 Å². The van der Waals surface area contributed by atoms with Crippen molar-refractivity contribution in [3.05, 3.63) is 67.0 Å². The molecule has 1 N–H and O–H groups in total. The van der Waals surface area contributed by atoms with Crippen LogP contribution in [0.25, 0.3) is 20.7 Å². The number of thiophene rings is 1. The van der Waals surface area contributed by atoms with Crippen LogP contribution in [0.3, 0.4) is 0 Å². The number of anilines is 2. The van der Waals surface area contributed by atoms with Crippen LogP contribution in [0.15, 0.2) is 67.0 Å². The summed E-state index contributed by atoms with van der Waals surface area (Å²) in [4.78, 5) is 11.0. The summed E-state index contributed by atoms with van der Waals surface area (Å²) in [6, 6.07) is 20.2. The highest BCUT2D eigenvalue weighted by Gasteiger charge is 2.11. The third kappa shape index (κ3) is 2.70. The van der Waals surface area contributed by atoms with Crippen LogP contribution in [0, 0.1) is 0 Å². The molecule has 24 heavy (non-hydrogen) atoms. The molecule has 118 valence electrons. The summed E-state index contributed by atoms with van der Waals surface area (Å²) < 4.78 is 5.40. The molecule has 4 nitrogen and oxygen atoms in total. The van der Waals surface area contributed by atoms with Gasteiger partial charge in [-0.05, 0) is 23.8 Å². The van der Waals surface area contributed by atoms with Crippen molar-refractivity contribution in [3.8, 4) is 16.2 Å². The maximum atomic E-state index is 5.40. The maximum Gasteiger partial charge on any atom is 0.142 e. The first-order valence-corrected chi connectivity index (χ1v) is 8.37. The molecule has 0 aliphatic rings. The first kappa shape index (κ1) is 14.7. The van der Waals surface area contributed by atoms with Crippen LogP contribution in [-0.4, -0.2) is 17.1 Å². The minimum Gasteiger partial charge on any atom is -0.495 e. The van der Waals surface area contributed by atoms with Crippen LogP contribution in [0.4, 0.5) is 11.5 Å². The quantitative estimate of drug-likeness (QED) is 0.564. The van der Waals surface area contributed by atoms with Crippen molar-refractivity contribution >= 4 is 33.1 Å². The predicted molar refractivity (Wildman–Crippen MR) is 99.1 cm³/mol. The van der Waals surface area contributed by atoms with Crippen LogP contribution in [-0.2, 0) is 0 Å². The summed E-state index contributed by atoms with van der Waals surface area (Å²) in [7, 11) is 1.66. The standard InChI is InChI=1S/C19H15N3OS/c1-23-16-10-6-5-9-15(16)22-18-14-11-17(13-7-3-2-4-8-13)24-19(14)21-12-20-18/h2-12H,1H3,(H,20,21,22). The molecule has 0 bridgehead atoms. The third-order valence-corrected chi connectivity index (χ3v) is 4.84. The van der Waals surface area contributed by atoms with Gasteiger partial charge in [0.25, 0.3) is 0 Å². The summed E-state index contributed by atoms with van der Waals surface area (Å²) in [5, 5.41) is 4.37. The van der Waals surface area contributed by atoms with Gasteiger partial charge in [-0.25, -0.2) is 9.97 Å². The van der Waals surface area contributed by atoms with Gasteiger partial charge in [-0.1, -0.05) is 42.5 Å². The number of hydrogen-bond acceptors (Lipinski definition) is 5. The Hall–Kier alpha value is -2.92. The Morgan fingerprint density at radius 1 is 0.958 bits per heavy atom. The second-order valence-corrected chi connectivity index (χ2v) is 6.27. The molecule has 0 spiro atoms. The maximum absolute atomic E-state index is 5.40. The van der Waals surface area contributed by atoms with Gasteiger partial charge in [-0.15, -0.1) is 11.3 Å². The van der Waals surface area contributed by atoms with Crippen LogP contribution < -0.4 is 10.1 Å². The zero-order valence-corrected chi connectivity index (χ0v) is 13.9. The summed E-state index contributed by atoms with van der Waals surface area (Å²) in [6.07, 6.45) is 1.59. The molecule has 0 fully saturated rings. The Labute approximate surface area is 143 Å². The monoisotopic (exact) mass is 333 g/mol. The number of para-hydroxylation sites is 2. The van der Waals surface area contributed by atoms with Gasteiger partial charge in [0.2, 0.25) is 0 Å². The van der Waals surface area contributed by atoms with Crippen LogP contribution >= 0.6 is 11.3 Å². The number of nitrogens with one attached hydrogen (secondary N) is 1. The molecule has 2 heterocycles. The van der Waals surface area contributed by atoms with Gasteiger partial charge in [0.15, 0.2) is 0 Å². The zero-order chi connectivity index (χ0) is 16.4. The lowest BCUT2D eigenvalue weighted by atomic mass is 10.2. The third-order valence-electron chi connectivity index (χ3n) is 3.75. The number of ether oxygens (including phenoxy) is 1. The number of methoxy groups -OCH3 is 1. The number of hydrogen-bond donors (Lipinski definition) is 1. The lowest BCUT2D eigenvalue weighted by molar-refractivity contribution is 0.417.